The first kappa shape index (κ1) is 24.5. The first-order valence-corrected chi connectivity index (χ1v) is 13.6. The minimum atomic E-state index is -4.01. The van der Waals surface area contributed by atoms with E-state index < -0.39 is 19.9 Å². The van der Waals surface area contributed by atoms with Gasteiger partial charge in [-0.2, -0.15) is 13.2 Å². The van der Waals surface area contributed by atoms with Crippen molar-refractivity contribution < 1.29 is 13.2 Å². The second kappa shape index (κ2) is 12.2. The molecule has 32 heavy (non-hydrogen) atoms. The maximum atomic E-state index is 12.3. The van der Waals surface area contributed by atoms with Crippen molar-refractivity contribution >= 4 is 23.2 Å². The molecule has 0 aromatic heterocycles. The summed E-state index contributed by atoms with van der Waals surface area (Å²) in [6, 6.07) is 32.7. The second-order valence-electron chi connectivity index (χ2n) is 8.38. The van der Waals surface area contributed by atoms with E-state index in [1.807, 2.05) is 0 Å². The van der Waals surface area contributed by atoms with Gasteiger partial charge in [0.1, 0.15) is 23.2 Å². The van der Waals surface area contributed by atoms with Crippen molar-refractivity contribution in [2.45, 2.75) is 57.5 Å². The van der Waals surface area contributed by atoms with E-state index in [9.17, 15) is 13.2 Å². The molecule has 3 aromatic rings. The summed E-state index contributed by atoms with van der Waals surface area (Å²) in [5.74, 6) is 0. The maximum absolute atomic E-state index is 12.3. The number of hydrogen-bond acceptors (Lipinski definition) is 0. The standard InChI is InChI=1S/C28H33F3P/c29-28(30,31)23-15-4-2-1-3-5-16-24-32(25-17-9-6-10-18-25,26-19-11-7-12-20-26)27-21-13-8-14-22-27/h6-14,17-22H,1-5,15-16,23-24H2/q+1. The van der Waals surface area contributed by atoms with Gasteiger partial charge < -0.3 is 0 Å². The zero-order valence-electron chi connectivity index (χ0n) is 18.6. The van der Waals surface area contributed by atoms with Gasteiger partial charge >= 0.3 is 6.18 Å². The number of unbranched alkanes of at least 4 members (excludes halogenated alkanes) is 6. The van der Waals surface area contributed by atoms with Gasteiger partial charge in [0.2, 0.25) is 0 Å². The zero-order chi connectivity index (χ0) is 22.7. The molecular formula is C28H33F3P+. The highest BCUT2D eigenvalue weighted by Crippen LogP contribution is 2.56. The molecule has 0 amide bonds. The zero-order valence-corrected chi connectivity index (χ0v) is 19.5. The van der Waals surface area contributed by atoms with Crippen molar-refractivity contribution in [3.05, 3.63) is 91.0 Å². The summed E-state index contributed by atoms with van der Waals surface area (Å²) in [7, 11) is -1.76. The molecule has 170 valence electrons. The highest BCUT2D eigenvalue weighted by molar-refractivity contribution is 7.95. The van der Waals surface area contributed by atoms with Gasteiger partial charge in [0.05, 0.1) is 6.16 Å². The largest absolute Gasteiger partial charge is 0.389 e. The van der Waals surface area contributed by atoms with E-state index >= 15 is 0 Å². The summed E-state index contributed by atoms with van der Waals surface area (Å²) in [6.07, 6.45) is 2.62. The van der Waals surface area contributed by atoms with Crippen molar-refractivity contribution in [1.82, 2.24) is 0 Å². The van der Waals surface area contributed by atoms with E-state index in [2.05, 4.69) is 91.0 Å². The van der Waals surface area contributed by atoms with E-state index in [-0.39, 0.29) is 6.42 Å². The molecule has 0 radical (unpaired) electrons. The van der Waals surface area contributed by atoms with Gasteiger partial charge in [-0.05, 0) is 55.7 Å². The number of alkyl halides is 3. The van der Waals surface area contributed by atoms with E-state index in [4.69, 9.17) is 0 Å². The molecule has 0 heterocycles. The first-order chi connectivity index (χ1) is 15.5. The van der Waals surface area contributed by atoms with Gasteiger partial charge in [0.25, 0.3) is 0 Å². The van der Waals surface area contributed by atoms with Crippen LogP contribution in [0.3, 0.4) is 0 Å². The number of rotatable bonds is 12. The summed E-state index contributed by atoms with van der Waals surface area (Å²) < 4.78 is 36.8. The molecule has 0 aliphatic heterocycles. The smallest absolute Gasteiger partial charge is 0.171 e. The SMILES string of the molecule is FC(F)(F)CCCCCCCCC[P+](c1ccccc1)(c1ccccc1)c1ccccc1. The monoisotopic (exact) mass is 457 g/mol. The Labute approximate surface area is 191 Å². The van der Waals surface area contributed by atoms with E-state index in [0.29, 0.717) is 6.42 Å². The second-order valence-corrected chi connectivity index (χ2v) is 12.0. The number of hydrogen-bond donors (Lipinski definition) is 0. The van der Waals surface area contributed by atoms with E-state index in [1.54, 1.807) is 0 Å². The summed E-state index contributed by atoms with van der Waals surface area (Å²) in [5.41, 5.74) is 0. The fourth-order valence-electron chi connectivity index (χ4n) is 4.44. The molecule has 0 aliphatic rings. The molecule has 0 nitrogen and oxygen atoms in total. The lowest BCUT2D eigenvalue weighted by atomic mass is 10.1. The van der Waals surface area contributed by atoms with E-state index in [1.165, 1.54) is 15.9 Å². The lowest BCUT2D eigenvalue weighted by molar-refractivity contribution is -0.135. The Morgan fingerprint density at radius 2 is 0.812 bits per heavy atom. The van der Waals surface area contributed by atoms with Gasteiger partial charge in [-0.3, -0.25) is 0 Å². The Balaban J connectivity index is 1.68. The Morgan fingerprint density at radius 1 is 0.469 bits per heavy atom. The molecule has 0 N–H and O–H groups in total. The molecule has 0 fully saturated rings. The van der Waals surface area contributed by atoms with Gasteiger partial charge in [-0.15, -0.1) is 0 Å². The Bertz CT molecular complexity index is 796. The van der Waals surface area contributed by atoms with Crippen LogP contribution in [0.4, 0.5) is 13.2 Å². The summed E-state index contributed by atoms with van der Waals surface area (Å²) in [5, 5.41) is 4.22. The number of halogens is 3. The van der Waals surface area contributed by atoms with Crippen LogP contribution in [0.25, 0.3) is 0 Å². The summed E-state index contributed by atoms with van der Waals surface area (Å²) in [4.78, 5) is 0. The Morgan fingerprint density at radius 3 is 1.19 bits per heavy atom. The number of benzene rings is 3. The molecule has 0 unspecified atom stereocenters. The minimum Gasteiger partial charge on any atom is -0.171 e. The van der Waals surface area contributed by atoms with Crippen LogP contribution in [0.15, 0.2) is 91.0 Å². The van der Waals surface area contributed by atoms with Gasteiger partial charge in [0, 0.05) is 6.42 Å². The van der Waals surface area contributed by atoms with Crippen molar-refractivity contribution in [2.24, 2.45) is 0 Å². The first-order valence-electron chi connectivity index (χ1n) is 11.6. The Kier molecular flexibility index (Phi) is 9.36. The average Bonchev–Trinajstić information content (AvgIpc) is 2.82. The predicted molar refractivity (Wildman–Crippen MR) is 133 cm³/mol. The molecule has 0 saturated carbocycles. The molecule has 0 atom stereocenters. The van der Waals surface area contributed by atoms with Crippen LogP contribution in [0, 0.1) is 0 Å². The molecule has 0 spiro atoms. The third-order valence-electron chi connectivity index (χ3n) is 6.04. The molecule has 3 aromatic carbocycles. The lowest BCUT2D eigenvalue weighted by Gasteiger charge is -2.27. The van der Waals surface area contributed by atoms with Crippen LogP contribution in [0.2, 0.25) is 0 Å². The summed E-state index contributed by atoms with van der Waals surface area (Å²) >= 11 is 0. The van der Waals surface area contributed by atoms with Crippen LogP contribution in [-0.4, -0.2) is 12.3 Å². The highest BCUT2D eigenvalue weighted by Gasteiger charge is 2.44. The van der Waals surface area contributed by atoms with Gasteiger partial charge in [0.15, 0.2) is 0 Å². The minimum absolute atomic E-state index is 0.258. The van der Waals surface area contributed by atoms with Crippen molar-refractivity contribution in [3.63, 3.8) is 0 Å². The molecule has 4 heteroatoms. The van der Waals surface area contributed by atoms with Crippen LogP contribution < -0.4 is 15.9 Å². The third kappa shape index (κ3) is 6.94. The van der Waals surface area contributed by atoms with Crippen molar-refractivity contribution in [2.75, 3.05) is 6.16 Å². The highest BCUT2D eigenvalue weighted by atomic mass is 31.2. The average molecular weight is 458 g/mol. The van der Waals surface area contributed by atoms with Crippen molar-refractivity contribution in [1.29, 1.82) is 0 Å². The van der Waals surface area contributed by atoms with E-state index in [0.717, 1.165) is 38.3 Å². The molecule has 0 saturated heterocycles. The molecule has 0 aliphatic carbocycles. The molecular weight excluding hydrogens is 424 g/mol. The topological polar surface area (TPSA) is 0 Å². The van der Waals surface area contributed by atoms with Crippen molar-refractivity contribution in [3.8, 4) is 0 Å². The van der Waals surface area contributed by atoms with Gasteiger partial charge in [-0.25, -0.2) is 0 Å². The van der Waals surface area contributed by atoms with Crippen LogP contribution >= 0.6 is 7.26 Å². The quantitative estimate of drug-likeness (QED) is 0.193. The van der Waals surface area contributed by atoms with Crippen LogP contribution in [0.5, 0.6) is 0 Å². The lowest BCUT2D eigenvalue weighted by Crippen LogP contribution is -2.33. The maximum Gasteiger partial charge on any atom is 0.389 e. The fourth-order valence-corrected chi connectivity index (χ4v) is 8.85. The predicted octanol–water partition coefficient (Wildman–Crippen LogP) is 7.66. The fraction of sp³-hybridized carbons (Fsp3) is 0.357. The third-order valence-corrected chi connectivity index (χ3v) is 10.6. The Hall–Kier alpha value is -2.12. The molecule has 0 bridgehead atoms. The summed E-state index contributed by atoms with van der Waals surface area (Å²) in [6.45, 7) is 0. The normalized spacial score (nSPS) is 12.1. The molecule has 3 rings (SSSR count). The van der Waals surface area contributed by atoms with Crippen LogP contribution in [0.1, 0.15) is 51.4 Å². The van der Waals surface area contributed by atoms with Crippen LogP contribution in [-0.2, 0) is 0 Å². The van der Waals surface area contributed by atoms with Gasteiger partial charge in [-0.1, -0.05) is 80.3 Å².